The molecule has 2 aromatic carbocycles. The number of para-hydroxylation sites is 2. The Balaban J connectivity index is 1.94. The molecule has 2 nitrogen and oxygen atoms in total. The minimum atomic E-state index is 0.329. The second-order valence-electron chi connectivity index (χ2n) is 5.69. The molecule has 3 rings (SSSR count). The van der Waals surface area contributed by atoms with Crippen LogP contribution in [0.5, 0.6) is 5.75 Å². The average Bonchev–Trinajstić information content (AvgIpc) is 2.72. The van der Waals surface area contributed by atoms with E-state index in [-0.39, 0.29) is 0 Å². The highest BCUT2D eigenvalue weighted by atomic mass is 16.5. The lowest BCUT2D eigenvalue weighted by molar-refractivity contribution is 0.314. The van der Waals surface area contributed by atoms with Gasteiger partial charge in [-0.3, -0.25) is 0 Å². The zero-order valence-electron chi connectivity index (χ0n) is 12.9. The fraction of sp³-hybridized carbons (Fsp3) is 0.368. The van der Waals surface area contributed by atoms with E-state index in [9.17, 15) is 0 Å². The first-order chi connectivity index (χ1) is 10.3. The van der Waals surface area contributed by atoms with Crippen molar-refractivity contribution in [1.29, 1.82) is 0 Å². The normalized spacial score (nSPS) is 17.5. The third kappa shape index (κ3) is 2.90. The van der Waals surface area contributed by atoms with Crippen molar-refractivity contribution < 1.29 is 4.74 Å². The van der Waals surface area contributed by atoms with E-state index < -0.39 is 0 Å². The van der Waals surface area contributed by atoms with Gasteiger partial charge in [-0.15, -0.1) is 0 Å². The molecule has 21 heavy (non-hydrogen) atoms. The summed E-state index contributed by atoms with van der Waals surface area (Å²) in [5.74, 6) is 1.07. The molecule has 0 amide bonds. The summed E-state index contributed by atoms with van der Waals surface area (Å²) in [7, 11) is 0. The van der Waals surface area contributed by atoms with E-state index in [0.29, 0.717) is 6.04 Å². The van der Waals surface area contributed by atoms with Crippen LogP contribution in [0.3, 0.4) is 0 Å². The molecule has 0 fully saturated rings. The Labute approximate surface area is 127 Å². The fourth-order valence-electron chi connectivity index (χ4n) is 3.07. The molecule has 1 heterocycles. The maximum absolute atomic E-state index is 5.96. The van der Waals surface area contributed by atoms with Gasteiger partial charge in [-0.1, -0.05) is 43.3 Å². The number of hydrogen-bond donors (Lipinski definition) is 1. The molecule has 0 aromatic heterocycles. The van der Waals surface area contributed by atoms with Crippen LogP contribution in [0, 0.1) is 6.92 Å². The summed E-state index contributed by atoms with van der Waals surface area (Å²) in [6.45, 7) is 5.14. The number of nitrogens with one attached hydrogen (secondary N) is 1. The molecule has 2 heteroatoms. The van der Waals surface area contributed by atoms with E-state index in [4.69, 9.17) is 4.74 Å². The average molecular weight is 281 g/mol. The van der Waals surface area contributed by atoms with Crippen LogP contribution in [0.1, 0.15) is 42.5 Å². The molecule has 1 aliphatic rings. The maximum Gasteiger partial charge on any atom is 0.127 e. The number of fused-ring (bicyclic) bond motifs is 1. The van der Waals surface area contributed by atoms with Crippen LogP contribution < -0.4 is 10.1 Å². The van der Waals surface area contributed by atoms with Gasteiger partial charge in [0.15, 0.2) is 0 Å². The van der Waals surface area contributed by atoms with Crippen molar-refractivity contribution >= 4 is 5.69 Å². The number of rotatable bonds is 3. The van der Waals surface area contributed by atoms with Gasteiger partial charge in [-0.2, -0.15) is 0 Å². The summed E-state index contributed by atoms with van der Waals surface area (Å²) in [6, 6.07) is 15.4. The topological polar surface area (TPSA) is 21.3 Å². The number of anilines is 1. The van der Waals surface area contributed by atoms with Gasteiger partial charge in [0.25, 0.3) is 0 Å². The molecule has 1 aliphatic heterocycles. The highest BCUT2D eigenvalue weighted by molar-refractivity contribution is 5.54. The van der Waals surface area contributed by atoms with E-state index in [0.717, 1.165) is 31.6 Å². The number of hydrogen-bond acceptors (Lipinski definition) is 2. The molecule has 1 unspecified atom stereocenters. The van der Waals surface area contributed by atoms with Gasteiger partial charge in [-0.25, -0.2) is 0 Å². The van der Waals surface area contributed by atoms with E-state index in [1.54, 1.807) is 0 Å². The fourth-order valence-corrected chi connectivity index (χ4v) is 3.07. The zero-order chi connectivity index (χ0) is 14.7. The first kappa shape index (κ1) is 14.0. The van der Waals surface area contributed by atoms with Crippen molar-refractivity contribution in [3.63, 3.8) is 0 Å². The quantitative estimate of drug-likeness (QED) is 0.865. The Bertz CT molecular complexity index is 621. The van der Waals surface area contributed by atoms with Crippen molar-refractivity contribution in [3.05, 3.63) is 59.2 Å². The van der Waals surface area contributed by atoms with Gasteiger partial charge in [0, 0.05) is 11.3 Å². The van der Waals surface area contributed by atoms with Crippen LogP contribution in [0.4, 0.5) is 5.69 Å². The second-order valence-corrected chi connectivity index (χ2v) is 5.69. The molecule has 2 aromatic rings. The molecular formula is C19H23NO. The highest BCUT2D eigenvalue weighted by Gasteiger charge is 2.21. The third-order valence-electron chi connectivity index (χ3n) is 4.23. The van der Waals surface area contributed by atoms with E-state index in [1.807, 2.05) is 0 Å². The Morgan fingerprint density at radius 1 is 1.14 bits per heavy atom. The van der Waals surface area contributed by atoms with Crippen molar-refractivity contribution in [1.82, 2.24) is 0 Å². The summed E-state index contributed by atoms with van der Waals surface area (Å²) in [6.07, 6.45) is 3.24. The van der Waals surface area contributed by atoms with Crippen LogP contribution in [0.25, 0.3) is 0 Å². The smallest absolute Gasteiger partial charge is 0.127 e. The molecule has 110 valence electrons. The molecule has 0 saturated carbocycles. The molecule has 0 bridgehead atoms. The van der Waals surface area contributed by atoms with Gasteiger partial charge < -0.3 is 10.1 Å². The largest absolute Gasteiger partial charge is 0.493 e. The van der Waals surface area contributed by atoms with E-state index in [2.05, 4.69) is 61.6 Å². The Morgan fingerprint density at radius 3 is 2.86 bits per heavy atom. The number of benzene rings is 2. The molecule has 1 N–H and O–H groups in total. The lowest BCUT2D eigenvalue weighted by Gasteiger charge is -2.22. The lowest BCUT2D eigenvalue weighted by Crippen LogP contribution is -2.11. The van der Waals surface area contributed by atoms with Crippen LogP contribution in [0.2, 0.25) is 0 Å². The minimum absolute atomic E-state index is 0.329. The molecule has 0 saturated heterocycles. The van der Waals surface area contributed by atoms with Crippen LogP contribution in [0.15, 0.2) is 42.5 Å². The molecule has 0 aliphatic carbocycles. The highest BCUT2D eigenvalue weighted by Crippen LogP contribution is 2.36. The summed E-state index contributed by atoms with van der Waals surface area (Å²) in [4.78, 5) is 0. The van der Waals surface area contributed by atoms with Crippen LogP contribution in [-0.2, 0) is 6.42 Å². The molecule has 0 spiro atoms. The Hall–Kier alpha value is -1.96. The van der Waals surface area contributed by atoms with Crippen LogP contribution in [-0.4, -0.2) is 6.61 Å². The first-order valence-corrected chi connectivity index (χ1v) is 7.86. The van der Waals surface area contributed by atoms with Crippen LogP contribution >= 0.6 is 0 Å². The lowest BCUT2D eigenvalue weighted by atomic mass is 9.99. The monoisotopic (exact) mass is 281 g/mol. The van der Waals surface area contributed by atoms with E-state index >= 15 is 0 Å². The van der Waals surface area contributed by atoms with Crippen molar-refractivity contribution in [2.24, 2.45) is 0 Å². The number of ether oxygens (including phenoxy) is 1. The summed E-state index contributed by atoms with van der Waals surface area (Å²) < 4.78 is 5.96. The summed E-state index contributed by atoms with van der Waals surface area (Å²) in [5, 5.41) is 3.74. The first-order valence-electron chi connectivity index (χ1n) is 7.86. The SMILES string of the molecule is CCc1ccccc1NC1CCCOc2c(C)cccc21. The summed E-state index contributed by atoms with van der Waals surface area (Å²) in [5.41, 5.74) is 5.14. The standard InChI is InChI=1S/C19H23NO/c1-3-15-9-4-5-11-17(15)20-18-12-7-13-21-19-14(2)8-6-10-16(18)19/h4-6,8-11,18,20H,3,7,12-13H2,1-2H3. The summed E-state index contributed by atoms with van der Waals surface area (Å²) >= 11 is 0. The zero-order valence-corrected chi connectivity index (χ0v) is 12.9. The van der Waals surface area contributed by atoms with Crippen molar-refractivity contribution in [2.75, 3.05) is 11.9 Å². The number of aryl methyl sites for hydroxylation is 2. The minimum Gasteiger partial charge on any atom is -0.493 e. The van der Waals surface area contributed by atoms with E-state index in [1.165, 1.54) is 22.4 Å². The van der Waals surface area contributed by atoms with Gasteiger partial charge in [0.05, 0.1) is 12.6 Å². The Morgan fingerprint density at radius 2 is 2.00 bits per heavy atom. The molecule has 0 radical (unpaired) electrons. The van der Waals surface area contributed by atoms with Crippen molar-refractivity contribution in [3.8, 4) is 5.75 Å². The van der Waals surface area contributed by atoms with Gasteiger partial charge in [-0.05, 0) is 43.4 Å². The molecular weight excluding hydrogens is 258 g/mol. The van der Waals surface area contributed by atoms with Crippen molar-refractivity contribution in [2.45, 2.75) is 39.2 Å². The second kappa shape index (κ2) is 6.21. The predicted molar refractivity (Wildman–Crippen MR) is 88.1 cm³/mol. The van der Waals surface area contributed by atoms with Gasteiger partial charge in [0.1, 0.15) is 5.75 Å². The predicted octanol–water partition coefficient (Wildman–Crippen LogP) is 4.88. The Kier molecular flexibility index (Phi) is 4.14. The maximum atomic E-state index is 5.96. The van der Waals surface area contributed by atoms with Gasteiger partial charge >= 0.3 is 0 Å². The van der Waals surface area contributed by atoms with Gasteiger partial charge in [0.2, 0.25) is 0 Å². The molecule has 1 atom stereocenters. The third-order valence-corrected chi connectivity index (χ3v) is 4.23.